The van der Waals surface area contributed by atoms with Gasteiger partial charge >= 0.3 is 0 Å². The predicted octanol–water partition coefficient (Wildman–Crippen LogP) is 3.00. The molecule has 20 heavy (non-hydrogen) atoms. The van der Waals surface area contributed by atoms with Crippen LogP contribution in [0.25, 0.3) is 6.08 Å². The molecule has 0 N–H and O–H groups in total. The molecular formula is C16H25N3O. The van der Waals surface area contributed by atoms with Crippen molar-refractivity contribution in [2.24, 2.45) is 0 Å². The van der Waals surface area contributed by atoms with Crippen LogP contribution in [0, 0.1) is 6.92 Å². The molecule has 4 heteroatoms. The molecule has 1 aliphatic heterocycles. The molecule has 1 aliphatic carbocycles. The first-order valence-corrected chi connectivity index (χ1v) is 7.67. The molecule has 0 spiro atoms. The van der Waals surface area contributed by atoms with Crippen LogP contribution < -0.4 is 4.90 Å². The van der Waals surface area contributed by atoms with Gasteiger partial charge in [-0.2, -0.15) is 0 Å². The first-order valence-electron chi connectivity index (χ1n) is 7.67. The lowest BCUT2D eigenvalue weighted by Crippen LogP contribution is -2.37. The molecule has 0 amide bonds. The van der Waals surface area contributed by atoms with Crippen molar-refractivity contribution in [2.45, 2.75) is 40.5 Å². The van der Waals surface area contributed by atoms with Crippen molar-refractivity contribution in [3.8, 4) is 0 Å². The molecule has 1 aromatic rings. The lowest BCUT2D eigenvalue weighted by molar-refractivity contribution is 0.122. The number of anilines is 1. The number of rotatable bonds is 2. The zero-order valence-corrected chi connectivity index (χ0v) is 13.1. The van der Waals surface area contributed by atoms with Gasteiger partial charge in [0.1, 0.15) is 11.6 Å². The molecular weight excluding hydrogens is 250 g/mol. The molecule has 4 nitrogen and oxygen atoms in total. The number of aryl methyl sites for hydroxylation is 1. The van der Waals surface area contributed by atoms with Gasteiger partial charge in [-0.15, -0.1) is 0 Å². The van der Waals surface area contributed by atoms with Gasteiger partial charge < -0.3 is 9.64 Å². The first-order chi connectivity index (χ1) is 9.78. The van der Waals surface area contributed by atoms with Crippen molar-refractivity contribution < 1.29 is 4.74 Å². The van der Waals surface area contributed by atoms with Crippen LogP contribution in [0.2, 0.25) is 0 Å². The number of morpholine rings is 1. The summed E-state index contributed by atoms with van der Waals surface area (Å²) in [5.41, 5.74) is 3.89. The number of ether oxygens (including phenoxy) is 1. The van der Waals surface area contributed by atoms with E-state index in [9.17, 15) is 0 Å². The Kier molecular flexibility index (Phi) is 5.12. The molecule has 1 fully saturated rings. The van der Waals surface area contributed by atoms with Gasteiger partial charge in [-0.25, -0.2) is 9.97 Å². The van der Waals surface area contributed by atoms with E-state index in [1.54, 1.807) is 0 Å². The maximum absolute atomic E-state index is 5.42. The Labute approximate surface area is 121 Å². The highest BCUT2D eigenvalue weighted by Gasteiger charge is 2.23. The van der Waals surface area contributed by atoms with E-state index in [2.05, 4.69) is 27.9 Å². The highest BCUT2D eigenvalue weighted by Crippen LogP contribution is 2.32. The smallest absolute Gasteiger partial charge is 0.136 e. The molecule has 0 bridgehead atoms. The standard InChI is InChI=1S/C14H19N3O.C2H6/c1-3-11-8-12-13(9-11)15-10(2)16-14(12)17-4-6-18-7-5-17;1-2/h9H,3-8H2,1-2H3;1-2H3. The van der Waals surface area contributed by atoms with E-state index >= 15 is 0 Å². The summed E-state index contributed by atoms with van der Waals surface area (Å²) < 4.78 is 5.42. The topological polar surface area (TPSA) is 38.2 Å². The minimum atomic E-state index is 0.798. The van der Waals surface area contributed by atoms with Crippen LogP contribution in [0.15, 0.2) is 5.57 Å². The zero-order valence-electron chi connectivity index (χ0n) is 13.1. The van der Waals surface area contributed by atoms with Crippen molar-refractivity contribution in [1.29, 1.82) is 0 Å². The number of fused-ring (bicyclic) bond motifs is 1. The molecule has 0 unspecified atom stereocenters. The lowest BCUT2D eigenvalue weighted by atomic mass is 10.1. The van der Waals surface area contributed by atoms with Crippen LogP contribution in [-0.4, -0.2) is 36.3 Å². The van der Waals surface area contributed by atoms with Gasteiger partial charge in [-0.05, 0) is 25.8 Å². The largest absolute Gasteiger partial charge is 0.378 e. The summed E-state index contributed by atoms with van der Waals surface area (Å²) in [5.74, 6) is 1.99. The third-order valence-electron chi connectivity index (χ3n) is 3.64. The highest BCUT2D eigenvalue weighted by molar-refractivity contribution is 5.67. The second-order valence-corrected chi connectivity index (χ2v) is 4.89. The maximum atomic E-state index is 5.42. The molecule has 1 saturated heterocycles. The van der Waals surface area contributed by atoms with Gasteiger partial charge in [0.05, 0.1) is 18.9 Å². The van der Waals surface area contributed by atoms with Crippen molar-refractivity contribution in [1.82, 2.24) is 9.97 Å². The van der Waals surface area contributed by atoms with Crippen LogP contribution in [-0.2, 0) is 11.2 Å². The highest BCUT2D eigenvalue weighted by atomic mass is 16.5. The van der Waals surface area contributed by atoms with Crippen LogP contribution in [0.1, 0.15) is 44.3 Å². The average molecular weight is 275 g/mol. The molecule has 1 aromatic heterocycles. The molecule has 0 saturated carbocycles. The fraction of sp³-hybridized carbons (Fsp3) is 0.625. The van der Waals surface area contributed by atoms with Crippen molar-refractivity contribution >= 4 is 11.9 Å². The minimum absolute atomic E-state index is 0.798. The van der Waals surface area contributed by atoms with Gasteiger partial charge in [0.25, 0.3) is 0 Å². The predicted molar refractivity (Wildman–Crippen MR) is 83.1 cm³/mol. The van der Waals surface area contributed by atoms with Gasteiger partial charge in [-0.3, -0.25) is 0 Å². The summed E-state index contributed by atoms with van der Waals surface area (Å²) in [4.78, 5) is 11.6. The van der Waals surface area contributed by atoms with Crippen LogP contribution >= 0.6 is 0 Å². The van der Waals surface area contributed by atoms with Gasteiger partial charge in [0, 0.05) is 18.7 Å². The summed E-state index contributed by atoms with van der Waals surface area (Å²) in [7, 11) is 0. The molecule has 0 atom stereocenters. The normalized spacial score (nSPS) is 17.2. The Bertz CT molecular complexity index is 491. The quantitative estimate of drug-likeness (QED) is 0.831. The summed E-state index contributed by atoms with van der Waals surface area (Å²) in [6.07, 6.45) is 4.34. The van der Waals surface area contributed by atoms with E-state index in [4.69, 9.17) is 4.74 Å². The Morgan fingerprint density at radius 3 is 2.55 bits per heavy atom. The molecule has 0 radical (unpaired) electrons. The number of aromatic nitrogens is 2. The molecule has 110 valence electrons. The lowest BCUT2D eigenvalue weighted by Gasteiger charge is -2.29. The minimum Gasteiger partial charge on any atom is -0.378 e. The van der Waals surface area contributed by atoms with E-state index in [0.29, 0.717) is 0 Å². The summed E-state index contributed by atoms with van der Waals surface area (Å²) in [6, 6.07) is 0. The Hall–Kier alpha value is -1.42. The third kappa shape index (κ3) is 3.01. The Morgan fingerprint density at radius 2 is 1.90 bits per heavy atom. The Morgan fingerprint density at radius 1 is 1.20 bits per heavy atom. The maximum Gasteiger partial charge on any atom is 0.136 e. The number of allylic oxidation sites excluding steroid dienone is 1. The van der Waals surface area contributed by atoms with Crippen molar-refractivity contribution in [3.05, 3.63) is 22.7 Å². The first kappa shape index (κ1) is 15.0. The van der Waals surface area contributed by atoms with Crippen LogP contribution in [0.5, 0.6) is 0 Å². The third-order valence-corrected chi connectivity index (χ3v) is 3.64. The zero-order chi connectivity index (χ0) is 14.5. The summed E-state index contributed by atoms with van der Waals surface area (Å²) in [5, 5.41) is 0. The van der Waals surface area contributed by atoms with E-state index in [-0.39, 0.29) is 0 Å². The fourth-order valence-electron chi connectivity index (χ4n) is 2.63. The summed E-state index contributed by atoms with van der Waals surface area (Å²) in [6.45, 7) is 11.6. The number of hydrogen-bond acceptors (Lipinski definition) is 4. The SMILES string of the molecule is CC.CCC1=Cc2nc(C)nc(N3CCOCC3)c2C1. The monoisotopic (exact) mass is 275 g/mol. The summed E-state index contributed by atoms with van der Waals surface area (Å²) >= 11 is 0. The molecule has 0 aromatic carbocycles. The van der Waals surface area contributed by atoms with E-state index in [1.807, 2.05) is 20.8 Å². The van der Waals surface area contributed by atoms with E-state index in [0.717, 1.165) is 56.5 Å². The van der Waals surface area contributed by atoms with E-state index in [1.165, 1.54) is 11.1 Å². The van der Waals surface area contributed by atoms with Crippen molar-refractivity contribution in [3.63, 3.8) is 0 Å². The van der Waals surface area contributed by atoms with Crippen LogP contribution in [0.4, 0.5) is 5.82 Å². The average Bonchev–Trinajstić information content (AvgIpc) is 2.92. The second-order valence-electron chi connectivity index (χ2n) is 4.89. The van der Waals surface area contributed by atoms with Gasteiger partial charge in [0.15, 0.2) is 0 Å². The molecule has 2 heterocycles. The number of hydrogen-bond donors (Lipinski definition) is 0. The van der Waals surface area contributed by atoms with Gasteiger partial charge in [0.2, 0.25) is 0 Å². The fourth-order valence-corrected chi connectivity index (χ4v) is 2.63. The van der Waals surface area contributed by atoms with E-state index < -0.39 is 0 Å². The molecule has 2 aliphatic rings. The van der Waals surface area contributed by atoms with Crippen molar-refractivity contribution in [2.75, 3.05) is 31.2 Å². The van der Waals surface area contributed by atoms with Crippen LogP contribution in [0.3, 0.4) is 0 Å². The second kappa shape index (κ2) is 6.84. The van der Waals surface area contributed by atoms with Gasteiger partial charge in [-0.1, -0.05) is 26.3 Å². The molecule has 3 rings (SSSR count). The number of nitrogens with zero attached hydrogens (tertiary/aromatic N) is 3. The Balaban J connectivity index is 0.000000704.